The number of rotatable bonds is 9. The third-order valence-electron chi connectivity index (χ3n) is 8.48. The number of hydrogen-bond donors (Lipinski definition) is 14. The number of ether oxygens (including phenoxy) is 5. The van der Waals surface area contributed by atoms with Gasteiger partial charge in [0, 0.05) is 0 Å². The summed E-state index contributed by atoms with van der Waals surface area (Å²) in [4.78, 5) is 0. The fourth-order valence-corrected chi connectivity index (χ4v) is 5.81. The average Bonchev–Trinajstić information content (AvgIpc) is 3.00. The largest absolute Gasteiger partial charge is 0.394 e. The van der Waals surface area contributed by atoms with Crippen LogP contribution in [0.25, 0.3) is 0 Å². The summed E-state index contributed by atoms with van der Waals surface area (Å²) in [6.45, 7) is -0.753. The van der Waals surface area contributed by atoms with Crippen LogP contribution in [0.2, 0.25) is 0 Å². The van der Waals surface area contributed by atoms with Crippen molar-refractivity contribution in [2.24, 2.45) is 0 Å². The Morgan fingerprint density at radius 2 is 1.16 bits per heavy atom. The van der Waals surface area contributed by atoms with E-state index >= 15 is 0 Å². The third kappa shape index (κ3) is 6.96. The van der Waals surface area contributed by atoms with Crippen LogP contribution in [0.4, 0.5) is 0 Å². The van der Waals surface area contributed by atoms with Gasteiger partial charge >= 0.3 is 0 Å². The molecular weight excluding hydrogens is 602 g/mol. The first kappa shape index (κ1) is 35.8. The molecule has 19 heteroatoms. The minimum atomic E-state index is -1.93. The van der Waals surface area contributed by atoms with E-state index in [0.717, 1.165) is 0 Å². The van der Waals surface area contributed by atoms with Crippen LogP contribution in [0.1, 0.15) is 6.92 Å². The van der Waals surface area contributed by atoms with Gasteiger partial charge in [0.25, 0.3) is 0 Å². The molecule has 3 aliphatic heterocycles. The fraction of sp³-hybridized carbons (Fsp3) is 0.920. The lowest BCUT2D eigenvalue weighted by molar-refractivity contribution is -0.373. The zero-order valence-electron chi connectivity index (χ0n) is 23.5. The van der Waals surface area contributed by atoms with Crippen LogP contribution in [-0.2, 0) is 23.7 Å². The molecule has 0 amide bonds. The van der Waals surface area contributed by atoms with E-state index in [9.17, 15) is 66.4 Å². The fourth-order valence-electron chi connectivity index (χ4n) is 5.81. The molecule has 4 aliphatic rings. The summed E-state index contributed by atoms with van der Waals surface area (Å²) in [7, 11) is 0. The highest BCUT2D eigenvalue weighted by molar-refractivity contribution is 5.22. The highest BCUT2D eigenvalue weighted by atomic mass is 16.7. The summed E-state index contributed by atoms with van der Waals surface area (Å²) in [5.41, 5.74) is 0.0225. The first-order valence-electron chi connectivity index (χ1n) is 14.1. The minimum Gasteiger partial charge on any atom is -0.394 e. The summed E-state index contributed by atoms with van der Waals surface area (Å²) < 4.78 is 27.4. The van der Waals surface area contributed by atoms with Crippen molar-refractivity contribution in [2.45, 2.75) is 123 Å². The Bertz CT molecular complexity index is 958. The van der Waals surface area contributed by atoms with Gasteiger partial charge in [0.15, 0.2) is 18.9 Å². The lowest BCUT2D eigenvalue weighted by Gasteiger charge is -2.48. The third-order valence-corrected chi connectivity index (χ3v) is 8.48. The van der Waals surface area contributed by atoms with Crippen LogP contribution in [-0.4, -0.2) is 203 Å². The van der Waals surface area contributed by atoms with Gasteiger partial charge in [-0.2, -0.15) is 0 Å². The van der Waals surface area contributed by atoms with E-state index in [-0.39, 0.29) is 5.57 Å². The molecule has 44 heavy (non-hydrogen) atoms. The molecular formula is C25H43NO18. The summed E-state index contributed by atoms with van der Waals surface area (Å²) >= 11 is 0. The molecule has 19 nitrogen and oxygen atoms in total. The molecule has 256 valence electrons. The Morgan fingerprint density at radius 3 is 1.73 bits per heavy atom. The lowest BCUT2D eigenvalue weighted by Crippen LogP contribution is -2.68. The van der Waals surface area contributed by atoms with E-state index in [1.807, 2.05) is 0 Å². The van der Waals surface area contributed by atoms with Gasteiger partial charge in [-0.25, -0.2) is 0 Å². The zero-order chi connectivity index (χ0) is 32.6. The van der Waals surface area contributed by atoms with E-state index in [0.29, 0.717) is 0 Å². The number of aliphatic hydroxyl groups excluding tert-OH is 13. The molecule has 0 saturated carbocycles. The summed E-state index contributed by atoms with van der Waals surface area (Å²) in [5.74, 6) is 0. The van der Waals surface area contributed by atoms with Crippen LogP contribution >= 0.6 is 0 Å². The van der Waals surface area contributed by atoms with Gasteiger partial charge in [-0.15, -0.1) is 0 Å². The second kappa shape index (κ2) is 14.8. The van der Waals surface area contributed by atoms with Crippen molar-refractivity contribution < 1.29 is 90.1 Å². The number of hydrogen-bond acceptors (Lipinski definition) is 19. The van der Waals surface area contributed by atoms with Gasteiger partial charge in [-0.05, 0) is 12.5 Å². The maximum absolute atomic E-state index is 10.9. The Labute approximate surface area is 250 Å². The van der Waals surface area contributed by atoms with E-state index in [4.69, 9.17) is 23.7 Å². The maximum Gasteiger partial charge on any atom is 0.187 e. The molecule has 3 heterocycles. The van der Waals surface area contributed by atoms with E-state index in [2.05, 4.69) is 5.32 Å². The molecule has 0 aromatic heterocycles. The number of aliphatic hydroxyl groups is 13. The van der Waals surface area contributed by atoms with Crippen molar-refractivity contribution >= 4 is 0 Å². The standard InChI is InChI=1S/C25H43NO18/c1-6-11(26-8-2-7(3-27)12(30)15(33)13(8)31)14(32)19(37)24(40-6)43-22-10(5-29)42-25(20(38)17(22)35)44-21-9(4-28)41-23(39)18(36)16(21)34/h2,6,8-39H,3-5H2,1H3/t6?,8-,9?,10?,11+,12+,13-,14-,15-,16+,17+,18?,19?,20?,21+,22+,23-,24+,25+/m0/s1. The van der Waals surface area contributed by atoms with Gasteiger partial charge in [-0.3, -0.25) is 0 Å². The van der Waals surface area contributed by atoms with Crippen molar-refractivity contribution in [1.29, 1.82) is 0 Å². The van der Waals surface area contributed by atoms with Gasteiger partial charge in [-0.1, -0.05) is 6.08 Å². The monoisotopic (exact) mass is 645 g/mol. The second-order valence-electron chi connectivity index (χ2n) is 11.4. The molecule has 0 bridgehead atoms. The van der Waals surface area contributed by atoms with E-state index in [1.54, 1.807) is 0 Å². The average molecular weight is 646 g/mol. The second-order valence-corrected chi connectivity index (χ2v) is 11.4. The molecule has 14 N–H and O–H groups in total. The van der Waals surface area contributed by atoms with Crippen LogP contribution < -0.4 is 5.32 Å². The minimum absolute atomic E-state index is 0.0225. The first-order chi connectivity index (χ1) is 20.7. The quantitative estimate of drug-likeness (QED) is 0.103. The highest BCUT2D eigenvalue weighted by Crippen LogP contribution is 2.32. The van der Waals surface area contributed by atoms with Crippen molar-refractivity contribution in [3.63, 3.8) is 0 Å². The molecule has 0 aromatic rings. The number of nitrogens with one attached hydrogen (secondary N) is 1. The lowest BCUT2D eigenvalue weighted by atomic mass is 9.86. The van der Waals surface area contributed by atoms with Gasteiger partial charge in [0.05, 0.1) is 38.0 Å². The van der Waals surface area contributed by atoms with Crippen LogP contribution in [0.5, 0.6) is 0 Å². The molecule has 0 spiro atoms. The molecule has 6 unspecified atom stereocenters. The molecule has 3 fully saturated rings. The molecule has 0 radical (unpaired) electrons. The molecule has 3 saturated heterocycles. The highest BCUT2D eigenvalue weighted by Gasteiger charge is 2.53. The smallest absolute Gasteiger partial charge is 0.187 e. The molecule has 4 rings (SSSR count). The Hall–Kier alpha value is -1.02. The maximum atomic E-state index is 10.9. The zero-order valence-corrected chi connectivity index (χ0v) is 23.5. The Balaban J connectivity index is 1.42. The molecule has 1 aliphatic carbocycles. The summed E-state index contributed by atoms with van der Waals surface area (Å²) in [6.07, 6.45) is -26.6. The Morgan fingerprint density at radius 1 is 0.636 bits per heavy atom. The summed E-state index contributed by atoms with van der Waals surface area (Å²) in [6, 6.07) is -2.17. The van der Waals surface area contributed by atoms with Crippen LogP contribution in [0.15, 0.2) is 11.6 Å². The van der Waals surface area contributed by atoms with E-state index < -0.39 is 136 Å². The normalized spacial score (nSPS) is 52.0. The Kier molecular flexibility index (Phi) is 12.1. The van der Waals surface area contributed by atoms with Gasteiger partial charge < -0.3 is 95.4 Å². The molecule has 0 aromatic carbocycles. The SMILES string of the molecule is CC1O[C@H](O[C@@H]2C(CO)O[C@H](O[C@@H]3C(CO)O[C@H](O)C(O)[C@H]3O)C(O)[C@H]2O)C(O)[C@@H](O)[C@@H]1N[C@H]1C=C(CO)[C@@H](O)[C@H](O)[C@H]1O. The van der Waals surface area contributed by atoms with E-state index in [1.165, 1.54) is 13.0 Å². The predicted molar refractivity (Wildman–Crippen MR) is 138 cm³/mol. The first-order valence-corrected chi connectivity index (χ1v) is 14.1. The molecule has 19 atom stereocenters. The predicted octanol–water partition coefficient (Wildman–Crippen LogP) is -8.56. The van der Waals surface area contributed by atoms with Gasteiger partial charge in [0.1, 0.15) is 79.4 Å². The van der Waals surface area contributed by atoms with Crippen LogP contribution in [0, 0.1) is 0 Å². The van der Waals surface area contributed by atoms with Crippen molar-refractivity contribution in [3.8, 4) is 0 Å². The van der Waals surface area contributed by atoms with Crippen molar-refractivity contribution in [2.75, 3.05) is 19.8 Å². The summed E-state index contributed by atoms with van der Waals surface area (Å²) in [5, 5.41) is 136. The van der Waals surface area contributed by atoms with Crippen molar-refractivity contribution in [3.05, 3.63) is 11.6 Å². The van der Waals surface area contributed by atoms with Gasteiger partial charge in [0.2, 0.25) is 0 Å². The van der Waals surface area contributed by atoms with Crippen molar-refractivity contribution in [1.82, 2.24) is 5.32 Å². The topological polar surface area (TPSA) is 321 Å². The van der Waals surface area contributed by atoms with Crippen LogP contribution in [0.3, 0.4) is 0 Å².